The van der Waals surface area contributed by atoms with Gasteiger partial charge in [0.25, 0.3) is 0 Å². The molecule has 1 rings (SSSR count). The average molecular weight is 261 g/mol. The largest absolute Gasteiger partial charge is 0.481 e. The van der Waals surface area contributed by atoms with Gasteiger partial charge in [-0.1, -0.05) is 6.92 Å². The molecule has 0 spiro atoms. The smallest absolute Gasteiger partial charge is 0.304 e. The van der Waals surface area contributed by atoms with Crippen LogP contribution in [0, 0.1) is 13.8 Å². The number of hydrogen-bond acceptors (Lipinski definition) is 2. The van der Waals surface area contributed by atoms with Crippen LogP contribution in [0.5, 0.6) is 0 Å². The van der Waals surface area contributed by atoms with Crippen molar-refractivity contribution in [3.63, 3.8) is 0 Å². The van der Waals surface area contributed by atoms with Crippen molar-refractivity contribution in [1.82, 2.24) is 0 Å². The summed E-state index contributed by atoms with van der Waals surface area (Å²) in [5, 5.41) is 8.66. The van der Waals surface area contributed by atoms with Crippen molar-refractivity contribution in [3.8, 4) is 0 Å². The van der Waals surface area contributed by atoms with Gasteiger partial charge in [0.05, 0.1) is 10.9 Å². The SMILES string of the molecule is Cc1oc(C(C)CC(=O)O)c(C)c1Br. The van der Waals surface area contributed by atoms with Crippen molar-refractivity contribution in [2.75, 3.05) is 0 Å². The van der Waals surface area contributed by atoms with E-state index in [9.17, 15) is 4.79 Å². The van der Waals surface area contributed by atoms with E-state index in [0.29, 0.717) is 0 Å². The molecule has 1 heterocycles. The number of aryl methyl sites for hydroxylation is 1. The highest BCUT2D eigenvalue weighted by Gasteiger charge is 2.19. The van der Waals surface area contributed by atoms with Crippen LogP contribution in [0.2, 0.25) is 0 Å². The second-order valence-corrected chi connectivity index (χ2v) is 4.25. The zero-order valence-electron chi connectivity index (χ0n) is 8.43. The molecule has 1 N–H and O–H groups in total. The van der Waals surface area contributed by atoms with Crippen molar-refractivity contribution >= 4 is 21.9 Å². The Hall–Kier alpha value is -0.770. The van der Waals surface area contributed by atoms with Gasteiger partial charge in [0.1, 0.15) is 11.5 Å². The van der Waals surface area contributed by atoms with Crippen LogP contribution in [0.1, 0.15) is 36.3 Å². The Bertz CT molecular complexity index is 354. The molecule has 0 radical (unpaired) electrons. The number of halogens is 1. The lowest BCUT2D eigenvalue weighted by molar-refractivity contribution is -0.137. The standard InChI is InChI=1S/C10H13BrO3/c1-5(4-8(12)13)10-6(2)9(11)7(3)14-10/h5H,4H2,1-3H3,(H,12,13). The molecule has 1 atom stereocenters. The van der Waals surface area contributed by atoms with E-state index in [1.807, 2.05) is 20.8 Å². The highest BCUT2D eigenvalue weighted by molar-refractivity contribution is 9.10. The summed E-state index contributed by atoms with van der Waals surface area (Å²) in [7, 11) is 0. The number of rotatable bonds is 3. The molecule has 0 aliphatic heterocycles. The van der Waals surface area contributed by atoms with E-state index in [-0.39, 0.29) is 12.3 Å². The van der Waals surface area contributed by atoms with Crippen molar-refractivity contribution < 1.29 is 14.3 Å². The Morgan fingerprint density at radius 3 is 2.50 bits per heavy atom. The number of aliphatic carboxylic acids is 1. The first-order valence-corrected chi connectivity index (χ1v) is 5.20. The lowest BCUT2D eigenvalue weighted by Gasteiger charge is -2.05. The molecule has 3 nitrogen and oxygen atoms in total. The Labute approximate surface area is 91.2 Å². The predicted molar refractivity (Wildman–Crippen MR) is 56.5 cm³/mol. The Morgan fingerprint density at radius 1 is 1.57 bits per heavy atom. The minimum Gasteiger partial charge on any atom is -0.481 e. The lowest BCUT2D eigenvalue weighted by Crippen LogP contribution is -2.02. The molecule has 1 unspecified atom stereocenters. The minimum absolute atomic E-state index is 0.0856. The highest BCUT2D eigenvalue weighted by Crippen LogP contribution is 2.32. The van der Waals surface area contributed by atoms with Gasteiger partial charge in [-0.25, -0.2) is 0 Å². The van der Waals surface area contributed by atoms with E-state index in [1.165, 1.54) is 0 Å². The fourth-order valence-corrected chi connectivity index (χ4v) is 1.76. The van der Waals surface area contributed by atoms with Gasteiger partial charge >= 0.3 is 5.97 Å². The van der Waals surface area contributed by atoms with Gasteiger partial charge in [-0.05, 0) is 29.8 Å². The van der Waals surface area contributed by atoms with Crippen LogP contribution in [0.25, 0.3) is 0 Å². The van der Waals surface area contributed by atoms with Crippen LogP contribution >= 0.6 is 15.9 Å². The molecular weight excluding hydrogens is 248 g/mol. The summed E-state index contributed by atoms with van der Waals surface area (Å²) in [5.74, 6) is 0.672. The molecule has 0 saturated heterocycles. The third-order valence-corrected chi connectivity index (χ3v) is 3.35. The first-order valence-electron chi connectivity index (χ1n) is 4.40. The molecule has 0 saturated carbocycles. The van der Waals surface area contributed by atoms with Gasteiger partial charge in [-0.15, -0.1) is 0 Å². The molecule has 0 aliphatic rings. The molecular formula is C10H13BrO3. The summed E-state index contributed by atoms with van der Waals surface area (Å²) in [6.45, 7) is 5.63. The van der Waals surface area contributed by atoms with Crippen molar-refractivity contribution in [1.29, 1.82) is 0 Å². The van der Waals surface area contributed by atoms with E-state index in [2.05, 4.69) is 15.9 Å². The summed E-state index contributed by atoms with van der Waals surface area (Å²) in [5.41, 5.74) is 0.997. The van der Waals surface area contributed by atoms with Gasteiger partial charge in [0.2, 0.25) is 0 Å². The summed E-state index contributed by atoms with van der Waals surface area (Å²) < 4.78 is 6.43. The van der Waals surface area contributed by atoms with Gasteiger partial charge in [0, 0.05) is 11.5 Å². The molecule has 1 aromatic rings. The number of furan rings is 1. The number of hydrogen-bond donors (Lipinski definition) is 1. The maximum atomic E-state index is 10.5. The summed E-state index contributed by atoms with van der Waals surface area (Å²) >= 11 is 3.39. The molecule has 4 heteroatoms. The van der Waals surface area contributed by atoms with E-state index in [1.54, 1.807) is 0 Å². The molecule has 0 aromatic carbocycles. The van der Waals surface area contributed by atoms with E-state index >= 15 is 0 Å². The fraction of sp³-hybridized carbons (Fsp3) is 0.500. The zero-order valence-corrected chi connectivity index (χ0v) is 10.0. The maximum Gasteiger partial charge on any atom is 0.304 e. The Morgan fingerprint density at radius 2 is 2.14 bits per heavy atom. The summed E-state index contributed by atoms with van der Waals surface area (Å²) in [6.07, 6.45) is 0.0975. The topological polar surface area (TPSA) is 50.4 Å². The third-order valence-electron chi connectivity index (χ3n) is 2.20. The Kier molecular flexibility index (Phi) is 3.37. The van der Waals surface area contributed by atoms with E-state index in [4.69, 9.17) is 9.52 Å². The second kappa shape index (κ2) is 4.17. The summed E-state index contributed by atoms with van der Waals surface area (Å²) in [6, 6.07) is 0. The number of carboxylic acids is 1. The molecule has 14 heavy (non-hydrogen) atoms. The van der Waals surface area contributed by atoms with Crippen molar-refractivity contribution in [2.24, 2.45) is 0 Å². The van der Waals surface area contributed by atoms with Crippen LogP contribution < -0.4 is 0 Å². The zero-order chi connectivity index (χ0) is 10.9. The quantitative estimate of drug-likeness (QED) is 0.908. The molecule has 0 aliphatic carbocycles. The van der Waals surface area contributed by atoms with Crippen LogP contribution in [0.15, 0.2) is 8.89 Å². The number of carboxylic acid groups (broad SMARTS) is 1. The van der Waals surface area contributed by atoms with Crippen LogP contribution in [-0.2, 0) is 4.79 Å². The van der Waals surface area contributed by atoms with Gasteiger partial charge in [-0.2, -0.15) is 0 Å². The van der Waals surface area contributed by atoms with Gasteiger partial charge in [-0.3, -0.25) is 4.79 Å². The van der Waals surface area contributed by atoms with Crippen LogP contribution in [0.3, 0.4) is 0 Å². The predicted octanol–water partition coefficient (Wildman–Crippen LogP) is 3.24. The monoisotopic (exact) mass is 260 g/mol. The van der Waals surface area contributed by atoms with Crippen LogP contribution in [-0.4, -0.2) is 11.1 Å². The third kappa shape index (κ3) is 2.18. The second-order valence-electron chi connectivity index (χ2n) is 3.46. The van der Waals surface area contributed by atoms with Crippen LogP contribution in [0.4, 0.5) is 0 Å². The van der Waals surface area contributed by atoms with E-state index in [0.717, 1.165) is 21.6 Å². The first kappa shape index (κ1) is 11.3. The van der Waals surface area contributed by atoms with Crippen molar-refractivity contribution in [3.05, 3.63) is 21.6 Å². The molecule has 1 aromatic heterocycles. The molecule has 0 fully saturated rings. The number of carbonyl (C=O) groups is 1. The highest BCUT2D eigenvalue weighted by atomic mass is 79.9. The molecule has 0 amide bonds. The lowest BCUT2D eigenvalue weighted by atomic mass is 10.0. The first-order chi connectivity index (χ1) is 6.43. The molecule has 0 bridgehead atoms. The van der Waals surface area contributed by atoms with Gasteiger partial charge < -0.3 is 9.52 Å². The Balaban J connectivity index is 2.95. The van der Waals surface area contributed by atoms with Gasteiger partial charge in [0.15, 0.2) is 0 Å². The fourth-order valence-electron chi connectivity index (χ4n) is 1.48. The molecule has 78 valence electrons. The maximum absolute atomic E-state index is 10.5. The minimum atomic E-state index is -0.804. The van der Waals surface area contributed by atoms with E-state index < -0.39 is 5.97 Å². The average Bonchev–Trinajstić information content (AvgIpc) is 2.32. The van der Waals surface area contributed by atoms with Crippen molar-refractivity contribution in [2.45, 2.75) is 33.1 Å². The normalized spacial score (nSPS) is 12.9. The summed E-state index contributed by atoms with van der Waals surface area (Å²) in [4.78, 5) is 10.5.